The fraction of sp³-hybridized carbons (Fsp3) is 0.444. The van der Waals surface area contributed by atoms with E-state index in [0.717, 1.165) is 6.07 Å². The van der Waals surface area contributed by atoms with Gasteiger partial charge in [-0.1, -0.05) is 0 Å². The van der Waals surface area contributed by atoms with Gasteiger partial charge < -0.3 is 19.9 Å². The highest BCUT2D eigenvalue weighted by Gasteiger charge is 2.32. The largest absolute Gasteiger partial charge is 0.574 e. The van der Waals surface area contributed by atoms with Crippen LogP contribution < -0.4 is 19.9 Å². The van der Waals surface area contributed by atoms with E-state index in [4.69, 9.17) is 15.2 Å². The first-order valence-corrected chi connectivity index (χ1v) is 4.49. The second-order valence-electron chi connectivity index (χ2n) is 2.90. The molecule has 0 aliphatic carbocycles. The van der Waals surface area contributed by atoms with Crippen LogP contribution in [0, 0.1) is 0 Å². The topological polar surface area (TPSA) is 66.6 Å². The molecule has 1 aromatic heterocycles. The van der Waals surface area contributed by atoms with E-state index < -0.39 is 12.2 Å². The Morgan fingerprint density at radius 3 is 2.35 bits per heavy atom. The van der Waals surface area contributed by atoms with E-state index in [1.807, 2.05) is 0 Å². The third kappa shape index (κ3) is 3.38. The summed E-state index contributed by atoms with van der Waals surface area (Å²) in [6.45, 7) is 0.0195. The first-order valence-electron chi connectivity index (χ1n) is 4.49. The molecule has 0 unspecified atom stereocenters. The van der Waals surface area contributed by atoms with Crippen molar-refractivity contribution in [3.63, 3.8) is 0 Å². The zero-order valence-corrected chi connectivity index (χ0v) is 9.17. The van der Waals surface area contributed by atoms with E-state index in [9.17, 15) is 13.2 Å². The molecule has 1 heterocycles. The summed E-state index contributed by atoms with van der Waals surface area (Å²) >= 11 is 0. The second kappa shape index (κ2) is 5.09. The van der Waals surface area contributed by atoms with Crippen LogP contribution in [-0.4, -0.2) is 25.6 Å². The van der Waals surface area contributed by atoms with Crippen molar-refractivity contribution in [2.24, 2.45) is 5.73 Å². The smallest absolute Gasteiger partial charge is 0.496 e. The Morgan fingerprint density at radius 2 is 1.94 bits per heavy atom. The predicted molar refractivity (Wildman–Crippen MR) is 51.9 cm³/mol. The number of hydrogen-bond acceptors (Lipinski definition) is 5. The lowest BCUT2D eigenvalue weighted by molar-refractivity contribution is -0.276. The molecule has 1 aromatic rings. The minimum atomic E-state index is -4.83. The van der Waals surface area contributed by atoms with Crippen LogP contribution in [0.25, 0.3) is 0 Å². The fourth-order valence-electron chi connectivity index (χ4n) is 1.21. The van der Waals surface area contributed by atoms with Gasteiger partial charge in [0.15, 0.2) is 0 Å². The summed E-state index contributed by atoms with van der Waals surface area (Å²) < 4.78 is 49.5. The molecule has 2 N–H and O–H groups in total. The van der Waals surface area contributed by atoms with Crippen molar-refractivity contribution in [1.29, 1.82) is 0 Å². The highest BCUT2D eigenvalue weighted by atomic mass is 19.4. The van der Waals surface area contributed by atoms with Gasteiger partial charge in [0, 0.05) is 12.6 Å². The SMILES string of the molecule is COc1cc(OC(F)(F)F)nc(OC)c1CN. The number of rotatable bonds is 4. The fourth-order valence-corrected chi connectivity index (χ4v) is 1.21. The van der Waals surface area contributed by atoms with Gasteiger partial charge in [-0.05, 0) is 0 Å². The maximum Gasteiger partial charge on any atom is 0.574 e. The zero-order valence-electron chi connectivity index (χ0n) is 9.17. The average molecular weight is 252 g/mol. The Bertz CT molecular complexity index is 371. The standard InChI is InChI=1S/C9H11F3N2O3/c1-15-6-3-7(17-9(10,11)12)14-8(16-2)5(6)4-13/h3H,4,13H2,1-2H3. The van der Waals surface area contributed by atoms with Crippen LogP contribution in [0.15, 0.2) is 6.07 Å². The Labute approximate surface area is 95.3 Å². The molecule has 0 atom stereocenters. The molecule has 0 aliphatic rings. The van der Waals surface area contributed by atoms with Gasteiger partial charge in [0.05, 0.1) is 19.8 Å². The van der Waals surface area contributed by atoms with E-state index in [1.54, 1.807) is 0 Å². The summed E-state index contributed by atoms with van der Waals surface area (Å²) in [5, 5.41) is 0. The summed E-state index contributed by atoms with van der Waals surface area (Å²) in [5.74, 6) is -0.604. The molecule has 17 heavy (non-hydrogen) atoms. The van der Waals surface area contributed by atoms with Gasteiger partial charge in [0.1, 0.15) is 5.75 Å². The number of aromatic nitrogens is 1. The number of nitrogens with two attached hydrogens (primary N) is 1. The van der Waals surface area contributed by atoms with Gasteiger partial charge in [-0.3, -0.25) is 0 Å². The number of halogens is 3. The predicted octanol–water partition coefficient (Wildman–Crippen LogP) is 1.46. The Hall–Kier alpha value is -1.70. The van der Waals surface area contributed by atoms with Crippen LogP contribution in [-0.2, 0) is 6.54 Å². The van der Waals surface area contributed by atoms with Crippen molar-refractivity contribution < 1.29 is 27.4 Å². The molecule has 0 fully saturated rings. The monoisotopic (exact) mass is 252 g/mol. The van der Waals surface area contributed by atoms with Crippen LogP contribution in [0.4, 0.5) is 13.2 Å². The number of nitrogens with zero attached hydrogens (tertiary/aromatic N) is 1. The Morgan fingerprint density at radius 1 is 1.29 bits per heavy atom. The van der Waals surface area contributed by atoms with Crippen molar-refractivity contribution in [1.82, 2.24) is 4.98 Å². The van der Waals surface area contributed by atoms with Crippen LogP contribution >= 0.6 is 0 Å². The summed E-state index contributed by atoms with van der Waals surface area (Å²) in [6, 6.07) is 0.998. The molecule has 0 aromatic carbocycles. The molecule has 0 bridgehead atoms. The molecule has 0 aliphatic heterocycles. The van der Waals surface area contributed by atoms with Crippen molar-refractivity contribution in [2.45, 2.75) is 12.9 Å². The highest BCUT2D eigenvalue weighted by molar-refractivity contribution is 5.43. The van der Waals surface area contributed by atoms with Crippen molar-refractivity contribution in [3.05, 3.63) is 11.6 Å². The van der Waals surface area contributed by atoms with E-state index >= 15 is 0 Å². The normalized spacial score (nSPS) is 11.2. The minimum absolute atomic E-state index is 0.0195. The number of hydrogen-bond donors (Lipinski definition) is 1. The molecule has 1 rings (SSSR count). The van der Waals surface area contributed by atoms with Crippen LogP contribution in [0.5, 0.6) is 17.5 Å². The lowest BCUT2D eigenvalue weighted by Crippen LogP contribution is -2.18. The first kappa shape index (κ1) is 13.4. The van der Waals surface area contributed by atoms with Crippen molar-refractivity contribution in [3.8, 4) is 17.5 Å². The maximum atomic E-state index is 12.0. The molecule has 0 saturated heterocycles. The number of alkyl halides is 3. The number of ether oxygens (including phenoxy) is 3. The maximum absolute atomic E-state index is 12.0. The summed E-state index contributed by atoms with van der Waals surface area (Å²) in [4.78, 5) is 3.53. The quantitative estimate of drug-likeness (QED) is 0.878. The average Bonchev–Trinajstić information content (AvgIpc) is 2.25. The molecule has 96 valence electrons. The van der Waals surface area contributed by atoms with E-state index in [-0.39, 0.29) is 18.2 Å². The molecule has 0 saturated carbocycles. The molecule has 0 radical (unpaired) electrons. The van der Waals surface area contributed by atoms with Crippen LogP contribution in [0.2, 0.25) is 0 Å². The Balaban J connectivity index is 3.18. The highest BCUT2D eigenvalue weighted by Crippen LogP contribution is 2.32. The van der Waals surface area contributed by atoms with Gasteiger partial charge >= 0.3 is 6.36 Å². The van der Waals surface area contributed by atoms with Crippen molar-refractivity contribution >= 4 is 0 Å². The lowest BCUT2D eigenvalue weighted by Gasteiger charge is -2.14. The van der Waals surface area contributed by atoms with Gasteiger partial charge in [0.25, 0.3) is 0 Å². The van der Waals surface area contributed by atoms with E-state index in [2.05, 4.69) is 9.72 Å². The third-order valence-corrected chi connectivity index (χ3v) is 1.86. The Kier molecular flexibility index (Phi) is 4.00. The zero-order chi connectivity index (χ0) is 13.1. The van der Waals surface area contributed by atoms with Crippen LogP contribution in [0.3, 0.4) is 0 Å². The van der Waals surface area contributed by atoms with Gasteiger partial charge in [-0.15, -0.1) is 13.2 Å². The first-order chi connectivity index (χ1) is 7.91. The number of methoxy groups -OCH3 is 2. The summed E-state index contributed by atoms with van der Waals surface area (Å²) in [6.07, 6.45) is -4.83. The van der Waals surface area contributed by atoms with Gasteiger partial charge in [-0.25, -0.2) is 0 Å². The lowest BCUT2D eigenvalue weighted by atomic mass is 10.2. The molecule has 0 spiro atoms. The van der Waals surface area contributed by atoms with E-state index in [0.29, 0.717) is 5.56 Å². The number of pyridine rings is 1. The minimum Gasteiger partial charge on any atom is -0.496 e. The third-order valence-electron chi connectivity index (χ3n) is 1.86. The van der Waals surface area contributed by atoms with Crippen LogP contribution in [0.1, 0.15) is 5.56 Å². The van der Waals surface area contributed by atoms with Gasteiger partial charge in [-0.2, -0.15) is 4.98 Å². The summed E-state index contributed by atoms with van der Waals surface area (Å²) in [5.41, 5.74) is 5.78. The second-order valence-corrected chi connectivity index (χ2v) is 2.90. The van der Waals surface area contributed by atoms with Crippen molar-refractivity contribution in [2.75, 3.05) is 14.2 Å². The molecular weight excluding hydrogens is 241 g/mol. The van der Waals surface area contributed by atoms with E-state index in [1.165, 1.54) is 14.2 Å². The molecular formula is C9H11F3N2O3. The van der Waals surface area contributed by atoms with Gasteiger partial charge in [0.2, 0.25) is 11.8 Å². The molecule has 5 nitrogen and oxygen atoms in total. The molecule has 0 amide bonds. The summed E-state index contributed by atoms with van der Waals surface area (Å²) in [7, 11) is 2.56. The molecule has 8 heteroatoms.